The Morgan fingerprint density at radius 3 is 2.43 bits per heavy atom. The lowest BCUT2D eigenvalue weighted by Gasteiger charge is -2.07. The lowest BCUT2D eigenvalue weighted by atomic mass is 10.1. The smallest absolute Gasteiger partial charge is 0.195 e. The zero-order valence-corrected chi connectivity index (χ0v) is 12.9. The molecule has 1 heterocycles. The van der Waals surface area contributed by atoms with Gasteiger partial charge < -0.3 is 0 Å². The van der Waals surface area contributed by atoms with Crippen molar-refractivity contribution in [2.45, 2.75) is 13.0 Å². The van der Waals surface area contributed by atoms with Gasteiger partial charge in [0, 0.05) is 11.4 Å². The molecular weight excluding hydrogens is 302 g/mol. The van der Waals surface area contributed by atoms with Crippen LogP contribution in [0.5, 0.6) is 0 Å². The minimum Gasteiger partial charge on any atom is -0.299 e. The van der Waals surface area contributed by atoms with Crippen LogP contribution in [0.3, 0.4) is 0 Å². The number of aromatic amines is 1. The number of halogens is 1. The molecule has 0 saturated carbocycles. The number of benzene rings is 2. The number of nitrogens with zero attached hydrogens (tertiary/aromatic N) is 2. The highest BCUT2D eigenvalue weighted by molar-refractivity contribution is 7.71. The predicted octanol–water partition coefficient (Wildman–Crippen LogP) is 4.23. The van der Waals surface area contributed by atoms with Crippen LogP contribution in [-0.2, 0) is 13.0 Å². The van der Waals surface area contributed by atoms with Crippen molar-refractivity contribution in [2.24, 2.45) is 0 Å². The second-order valence-corrected chi connectivity index (χ2v) is 5.64. The molecule has 0 radical (unpaired) electrons. The summed E-state index contributed by atoms with van der Waals surface area (Å²) in [7, 11) is 0. The van der Waals surface area contributed by atoms with Crippen molar-refractivity contribution >= 4 is 23.8 Å². The SMILES string of the molecule is S=c1[nH]nc(Cc2ccccc2)n1Cc1ccc(Cl)cc1. The van der Waals surface area contributed by atoms with Gasteiger partial charge in [0.2, 0.25) is 0 Å². The molecule has 0 amide bonds. The van der Waals surface area contributed by atoms with E-state index in [0.717, 1.165) is 22.8 Å². The zero-order chi connectivity index (χ0) is 14.7. The molecule has 0 fully saturated rings. The summed E-state index contributed by atoms with van der Waals surface area (Å²) in [5.74, 6) is 0.932. The van der Waals surface area contributed by atoms with Crippen molar-refractivity contribution in [2.75, 3.05) is 0 Å². The minimum atomic E-state index is 0.635. The maximum atomic E-state index is 5.92. The van der Waals surface area contributed by atoms with Crippen LogP contribution >= 0.6 is 23.8 Å². The minimum absolute atomic E-state index is 0.635. The molecule has 0 unspecified atom stereocenters. The van der Waals surface area contributed by atoms with Crippen LogP contribution < -0.4 is 0 Å². The van der Waals surface area contributed by atoms with Crippen LogP contribution in [0, 0.1) is 4.77 Å². The highest BCUT2D eigenvalue weighted by Gasteiger charge is 2.07. The van der Waals surface area contributed by atoms with E-state index in [0.29, 0.717) is 11.3 Å². The fourth-order valence-corrected chi connectivity index (χ4v) is 2.54. The Morgan fingerprint density at radius 1 is 1.00 bits per heavy atom. The normalized spacial score (nSPS) is 10.7. The standard InChI is InChI=1S/C16H14ClN3S/c17-14-8-6-13(7-9-14)11-20-15(18-19-16(20)21)10-12-4-2-1-3-5-12/h1-9H,10-11H2,(H,19,21). The van der Waals surface area contributed by atoms with E-state index < -0.39 is 0 Å². The van der Waals surface area contributed by atoms with E-state index in [9.17, 15) is 0 Å². The maximum Gasteiger partial charge on any atom is 0.195 e. The van der Waals surface area contributed by atoms with Crippen molar-refractivity contribution in [1.29, 1.82) is 0 Å². The Balaban J connectivity index is 1.87. The topological polar surface area (TPSA) is 33.6 Å². The van der Waals surface area contributed by atoms with E-state index >= 15 is 0 Å². The summed E-state index contributed by atoms with van der Waals surface area (Å²) in [6.07, 6.45) is 0.752. The van der Waals surface area contributed by atoms with Gasteiger partial charge in [-0.15, -0.1) is 0 Å². The Morgan fingerprint density at radius 2 is 1.71 bits per heavy atom. The molecule has 1 aromatic heterocycles. The van der Waals surface area contributed by atoms with Crippen molar-refractivity contribution in [3.63, 3.8) is 0 Å². The Kier molecular flexibility index (Phi) is 4.18. The van der Waals surface area contributed by atoms with Gasteiger partial charge in [-0.1, -0.05) is 54.1 Å². The molecule has 0 aliphatic heterocycles. The summed E-state index contributed by atoms with van der Waals surface area (Å²) in [6, 6.07) is 18.0. The van der Waals surface area contributed by atoms with E-state index in [1.54, 1.807) is 0 Å². The Hall–Kier alpha value is -1.91. The second-order valence-electron chi connectivity index (χ2n) is 4.82. The molecule has 0 saturated heterocycles. The lowest BCUT2D eigenvalue weighted by molar-refractivity contribution is 0.732. The van der Waals surface area contributed by atoms with Gasteiger partial charge in [-0.2, -0.15) is 5.10 Å². The van der Waals surface area contributed by atoms with E-state index in [2.05, 4.69) is 22.3 Å². The molecule has 1 N–H and O–H groups in total. The Bertz CT molecular complexity index is 775. The molecule has 0 bridgehead atoms. The molecule has 0 spiro atoms. The molecule has 2 aromatic carbocycles. The summed E-state index contributed by atoms with van der Waals surface area (Å²) in [5, 5.41) is 7.96. The first kappa shape index (κ1) is 14.0. The van der Waals surface area contributed by atoms with Crippen LogP contribution in [0.25, 0.3) is 0 Å². The first-order valence-electron chi connectivity index (χ1n) is 6.65. The fraction of sp³-hybridized carbons (Fsp3) is 0.125. The third kappa shape index (κ3) is 3.40. The molecule has 106 valence electrons. The van der Waals surface area contributed by atoms with Crippen LogP contribution in [0.1, 0.15) is 17.0 Å². The largest absolute Gasteiger partial charge is 0.299 e. The lowest BCUT2D eigenvalue weighted by Crippen LogP contribution is -2.06. The number of H-pyrrole nitrogens is 1. The van der Waals surface area contributed by atoms with Gasteiger partial charge in [-0.25, -0.2) is 0 Å². The zero-order valence-electron chi connectivity index (χ0n) is 11.3. The molecule has 3 rings (SSSR count). The maximum absolute atomic E-state index is 5.92. The Labute approximate surface area is 133 Å². The number of hydrogen-bond acceptors (Lipinski definition) is 2. The molecule has 0 aliphatic carbocycles. The molecule has 0 atom stereocenters. The van der Waals surface area contributed by atoms with Gasteiger partial charge in [-0.3, -0.25) is 9.67 Å². The van der Waals surface area contributed by atoms with Crippen molar-refractivity contribution in [3.05, 3.63) is 81.3 Å². The van der Waals surface area contributed by atoms with E-state index in [1.165, 1.54) is 5.56 Å². The quantitative estimate of drug-likeness (QED) is 0.731. The highest BCUT2D eigenvalue weighted by Crippen LogP contribution is 2.13. The van der Waals surface area contributed by atoms with E-state index in [4.69, 9.17) is 23.8 Å². The van der Waals surface area contributed by atoms with Crippen LogP contribution in [0.15, 0.2) is 54.6 Å². The average Bonchev–Trinajstić information content (AvgIpc) is 2.84. The fourth-order valence-electron chi connectivity index (χ4n) is 2.20. The van der Waals surface area contributed by atoms with Crippen LogP contribution in [0.4, 0.5) is 0 Å². The third-order valence-corrected chi connectivity index (χ3v) is 3.86. The van der Waals surface area contributed by atoms with Crippen LogP contribution in [0.2, 0.25) is 5.02 Å². The molecular formula is C16H14ClN3S. The van der Waals surface area contributed by atoms with Crippen molar-refractivity contribution < 1.29 is 0 Å². The van der Waals surface area contributed by atoms with Crippen LogP contribution in [-0.4, -0.2) is 14.8 Å². The van der Waals surface area contributed by atoms with Crippen molar-refractivity contribution in [3.8, 4) is 0 Å². The average molecular weight is 316 g/mol. The van der Waals surface area contributed by atoms with Gasteiger partial charge in [0.05, 0.1) is 6.54 Å². The molecule has 3 nitrogen and oxygen atoms in total. The summed E-state index contributed by atoms with van der Waals surface area (Å²) in [4.78, 5) is 0. The predicted molar refractivity (Wildman–Crippen MR) is 87.2 cm³/mol. The third-order valence-electron chi connectivity index (χ3n) is 3.30. The number of aromatic nitrogens is 3. The van der Waals surface area contributed by atoms with Gasteiger partial charge in [0.15, 0.2) is 4.77 Å². The number of rotatable bonds is 4. The highest BCUT2D eigenvalue weighted by atomic mass is 35.5. The number of hydrogen-bond donors (Lipinski definition) is 1. The first-order valence-corrected chi connectivity index (χ1v) is 7.43. The summed E-state index contributed by atoms with van der Waals surface area (Å²) in [6.45, 7) is 0.689. The van der Waals surface area contributed by atoms with Gasteiger partial charge >= 0.3 is 0 Å². The van der Waals surface area contributed by atoms with Gasteiger partial charge in [-0.05, 0) is 35.5 Å². The molecule has 0 aliphatic rings. The summed E-state index contributed by atoms with van der Waals surface area (Å²) >= 11 is 11.3. The van der Waals surface area contributed by atoms with Gasteiger partial charge in [0.25, 0.3) is 0 Å². The molecule has 3 aromatic rings. The van der Waals surface area contributed by atoms with Crippen molar-refractivity contribution in [1.82, 2.24) is 14.8 Å². The summed E-state index contributed by atoms with van der Waals surface area (Å²) < 4.78 is 2.65. The summed E-state index contributed by atoms with van der Waals surface area (Å²) in [5.41, 5.74) is 2.36. The van der Waals surface area contributed by atoms with E-state index in [1.807, 2.05) is 47.0 Å². The first-order chi connectivity index (χ1) is 10.2. The molecule has 21 heavy (non-hydrogen) atoms. The molecule has 5 heteroatoms. The monoisotopic (exact) mass is 315 g/mol. The van der Waals surface area contributed by atoms with Gasteiger partial charge in [0.1, 0.15) is 5.82 Å². The van der Waals surface area contributed by atoms with E-state index in [-0.39, 0.29) is 0 Å². The second kappa shape index (κ2) is 6.24. The number of nitrogens with one attached hydrogen (secondary N) is 1.